The molecule has 3 aromatic rings. The lowest BCUT2D eigenvalue weighted by molar-refractivity contribution is 0.0953. The molecule has 0 unspecified atom stereocenters. The summed E-state index contributed by atoms with van der Waals surface area (Å²) in [7, 11) is 0. The molecule has 2 N–H and O–H groups in total. The van der Waals surface area contributed by atoms with Crippen molar-refractivity contribution in [1.82, 2.24) is 15.5 Å². The van der Waals surface area contributed by atoms with Crippen molar-refractivity contribution in [3.05, 3.63) is 98.5 Å². The van der Waals surface area contributed by atoms with Gasteiger partial charge < -0.3 is 5.32 Å². The second-order valence-corrected chi connectivity index (χ2v) is 7.89. The third-order valence-electron chi connectivity index (χ3n) is 5.71. The summed E-state index contributed by atoms with van der Waals surface area (Å²) in [5, 5.41) is 9.98. The van der Waals surface area contributed by atoms with E-state index in [1.54, 1.807) is 0 Å². The van der Waals surface area contributed by atoms with Gasteiger partial charge in [-0.05, 0) is 67.3 Å². The topological polar surface area (TPSA) is 74.8 Å². The molecular weight excluding hydrogens is 374 g/mol. The fraction of sp³-hybridized carbons (Fsp3) is 0.320. The minimum atomic E-state index is -0.0583. The number of hydrogen-bond donors (Lipinski definition) is 2. The van der Waals surface area contributed by atoms with Crippen LogP contribution < -0.4 is 10.9 Å². The van der Waals surface area contributed by atoms with E-state index >= 15 is 0 Å². The monoisotopic (exact) mass is 401 g/mol. The van der Waals surface area contributed by atoms with E-state index in [9.17, 15) is 9.59 Å². The number of aromatic nitrogens is 2. The Morgan fingerprint density at radius 3 is 2.57 bits per heavy atom. The summed E-state index contributed by atoms with van der Waals surface area (Å²) in [6.07, 6.45) is 6.35. The molecule has 0 atom stereocenters. The van der Waals surface area contributed by atoms with Crippen LogP contribution in [0.1, 0.15) is 57.6 Å². The predicted octanol–water partition coefficient (Wildman–Crippen LogP) is 3.60. The molecule has 0 bridgehead atoms. The lowest BCUT2D eigenvalue weighted by Gasteiger charge is -2.17. The maximum Gasteiger partial charge on any atom is 0.267 e. The van der Waals surface area contributed by atoms with E-state index in [1.807, 2.05) is 42.5 Å². The van der Waals surface area contributed by atoms with Gasteiger partial charge in [0.1, 0.15) is 0 Å². The van der Waals surface area contributed by atoms with E-state index in [1.165, 1.54) is 5.56 Å². The van der Waals surface area contributed by atoms with Gasteiger partial charge in [-0.25, -0.2) is 5.10 Å². The van der Waals surface area contributed by atoms with Crippen LogP contribution >= 0.6 is 0 Å². The summed E-state index contributed by atoms with van der Waals surface area (Å²) >= 11 is 0. The summed E-state index contributed by atoms with van der Waals surface area (Å²) in [5.74, 6) is -0.0543. The van der Waals surface area contributed by atoms with E-state index < -0.39 is 0 Å². The summed E-state index contributed by atoms with van der Waals surface area (Å²) in [5.41, 5.74) is 5.82. The zero-order chi connectivity index (χ0) is 20.8. The number of benzene rings is 2. The Morgan fingerprint density at radius 1 is 0.967 bits per heavy atom. The van der Waals surface area contributed by atoms with Crippen LogP contribution in [0.2, 0.25) is 0 Å². The summed E-state index contributed by atoms with van der Waals surface area (Å²) in [6, 6.07) is 18.0. The third-order valence-corrected chi connectivity index (χ3v) is 5.71. The zero-order valence-electron chi connectivity index (χ0n) is 17.1. The maximum absolute atomic E-state index is 12.6. The fourth-order valence-electron chi connectivity index (χ4n) is 4.13. The van der Waals surface area contributed by atoms with Gasteiger partial charge in [0.2, 0.25) is 0 Å². The molecule has 0 spiro atoms. The third kappa shape index (κ3) is 4.85. The van der Waals surface area contributed by atoms with Crippen molar-refractivity contribution in [3.63, 3.8) is 0 Å². The Labute approximate surface area is 176 Å². The maximum atomic E-state index is 12.6. The van der Waals surface area contributed by atoms with E-state index in [-0.39, 0.29) is 11.5 Å². The minimum Gasteiger partial charge on any atom is -0.352 e. The van der Waals surface area contributed by atoms with Crippen LogP contribution in [-0.2, 0) is 25.7 Å². The second kappa shape index (κ2) is 9.53. The Balaban J connectivity index is 1.38. The molecule has 154 valence electrons. The van der Waals surface area contributed by atoms with Crippen molar-refractivity contribution in [3.8, 4) is 0 Å². The summed E-state index contributed by atoms with van der Waals surface area (Å²) in [6.45, 7) is 0.646. The number of aromatic amines is 1. The highest BCUT2D eigenvalue weighted by Crippen LogP contribution is 2.22. The zero-order valence-corrected chi connectivity index (χ0v) is 17.1. The van der Waals surface area contributed by atoms with Crippen molar-refractivity contribution in [2.75, 3.05) is 6.54 Å². The van der Waals surface area contributed by atoms with Crippen LogP contribution in [0.3, 0.4) is 0 Å². The van der Waals surface area contributed by atoms with Crippen LogP contribution in [0.15, 0.2) is 59.4 Å². The summed E-state index contributed by atoms with van der Waals surface area (Å²) < 4.78 is 0. The predicted molar refractivity (Wildman–Crippen MR) is 118 cm³/mol. The molecule has 1 aromatic heterocycles. The van der Waals surface area contributed by atoms with Gasteiger partial charge in [0.05, 0.1) is 5.69 Å². The highest BCUT2D eigenvalue weighted by molar-refractivity contribution is 5.94. The fourth-order valence-corrected chi connectivity index (χ4v) is 4.13. The highest BCUT2D eigenvalue weighted by Gasteiger charge is 2.18. The Hall–Kier alpha value is -3.21. The quantitative estimate of drug-likeness (QED) is 0.594. The summed E-state index contributed by atoms with van der Waals surface area (Å²) in [4.78, 5) is 24.6. The molecule has 0 saturated heterocycles. The molecular formula is C25H27N3O2. The number of H-pyrrole nitrogens is 1. The standard InChI is InChI=1S/C25H27N3O2/c29-24(26-15-7-11-18-8-2-1-3-9-18)20-12-6-10-19(16-20)17-23-21-13-4-5-14-22(21)25(30)28-27-23/h1-3,6,8-10,12,16H,4-5,7,11,13-15,17H2,(H,26,29)(H,28,30). The van der Waals surface area contributed by atoms with Crippen molar-refractivity contribution in [1.29, 1.82) is 0 Å². The van der Waals surface area contributed by atoms with Crippen LogP contribution in [0.25, 0.3) is 0 Å². The first kappa shape index (κ1) is 20.1. The first-order chi connectivity index (χ1) is 14.7. The Morgan fingerprint density at radius 2 is 1.73 bits per heavy atom. The second-order valence-electron chi connectivity index (χ2n) is 7.89. The van der Waals surface area contributed by atoms with Crippen LogP contribution in [0, 0.1) is 0 Å². The molecule has 1 amide bonds. The van der Waals surface area contributed by atoms with Gasteiger partial charge in [0.25, 0.3) is 11.5 Å². The van der Waals surface area contributed by atoms with Gasteiger partial charge in [0.15, 0.2) is 0 Å². The number of nitrogens with one attached hydrogen (secondary N) is 2. The Kier molecular flexibility index (Phi) is 6.38. The SMILES string of the molecule is O=C(NCCCc1ccccc1)c1cccc(Cc2n[nH]c(=O)c3c2CCCC3)c1. The minimum absolute atomic E-state index is 0.0543. The van der Waals surface area contributed by atoms with Gasteiger partial charge in [-0.3, -0.25) is 9.59 Å². The number of amides is 1. The molecule has 5 heteroatoms. The molecule has 1 aliphatic carbocycles. The number of carbonyl (C=O) groups is 1. The average molecular weight is 402 g/mol. The van der Waals surface area contributed by atoms with Gasteiger partial charge in [-0.15, -0.1) is 0 Å². The molecule has 0 radical (unpaired) electrons. The van der Waals surface area contributed by atoms with Crippen molar-refractivity contribution >= 4 is 5.91 Å². The number of nitrogens with zero attached hydrogens (tertiary/aromatic N) is 1. The van der Waals surface area contributed by atoms with Crippen LogP contribution in [0.5, 0.6) is 0 Å². The molecule has 5 nitrogen and oxygen atoms in total. The number of aryl methyl sites for hydroxylation is 1. The molecule has 30 heavy (non-hydrogen) atoms. The van der Waals surface area contributed by atoms with Crippen molar-refractivity contribution in [2.24, 2.45) is 0 Å². The van der Waals surface area contributed by atoms with E-state index in [4.69, 9.17) is 0 Å². The van der Waals surface area contributed by atoms with Gasteiger partial charge >= 0.3 is 0 Å². The number of fused-ring (bicyclic) bond motifs is 1. The van der Waals surface area contributed by atoms with E-state index in [0.29, 0.717) is 18.5 Å². The lowest BCUT2D eigenvalue weighted by atomic mass is 9.90. The smallest absolute Gasteiger partial charge is 0.267 e. The molecule has 2 aromatic carbocycles. The van der Waals surface area contributed by atoms with E-state index in [0.717, 1.165) is 60.9 Å². The van der Waals surface area contributed by atoms with Crippen LogP contribution in [0.4, 0.5) is 0 Å². The number of carbonyl (C=O) groups excluding carboxylic acids is 1. The normalized spacial score (nSPS) is 12.9. The molecule has 0 saturated carbocycles. The molecule has 0 fully saturated rings. The van der Waals surface area contributed by atoms with Gasteiger partial charge in [0, 0.05) is 24.1 Å². The first-order valence-corrected chi connectivity index (χ1v) is 10.7. The highest BCUT2D eigenvalue weighted by atomic mass is 16.1. The van der Waals surface area contributed by atoms with Crippen LogP contribution in [-0.4, -0.2) is 22.6 Å². The number of rotatable bonds is 7. The molecule has 1 heterocycles. The van der Waals surface area contributed by atoms with E-state index in [2.05, 4.69) is 27.6 Å². The van der Waals surface area contributed by atoms with Gasteiger partial charge in [-0.1, -0.05) is 42.5 Å². The van der Waals surface area contributed by atoms with Crippen molar-refractivity contribution in [2.45, 2.75) is 44.9 Å². The molecule has 1 aliphatic rings. The average Bonchev–Trinajstić information content (AvgIpc) is 2.79. The van der Waals surface area contributed by atoms with Crippen molar-refractivity contribution < 1.29 is 4.79 Å². The lowest BCUT2D eigenvalue weighted by Crippen LogP contribution is -2.25. The largest absolute Gasteiger partial charge is 0.352 e. The molecule has 4 rings (SSSR count). The Bertz CT molecular complexity index is 1070. The number of hydrogen-bond acceptors (Lipinski definition) is 3. The first-order valence-electron chi connectivity index (χ1n) is 10.7. The molecule has 0 aliphatic heterocycles. The van der Waals surface area contributed by atoms with Gasteiger partial charge in [-0.2, -0.15) is 5.10 Å².